The first-order valence-electron chi connectivity index (χ1n) is 6.74. The Morgan fingerprint density at radius 1 is 1.10 bits per heavy atom. The van der Waals surface area contributed by atoms with Crippen LogP contribution in [0.5, 0.6) is 0 Å². The second kappa shape index (κ2) is 8.87. The van der Waals surface area contributed by atoms with Crippen LogP contribution in [0.25, 0.3) is 0 Å². The Morgan fingerprint density at radius 3 is 2.33 bits per heavy atom. The summed E-state index contributed by atoms with van der Waals surface area (Å²) in [4.78, 5) is 25.5. The van der Waals surface area contributed by atoms with Gasteiger partial charge in [0.2, 0.25) is 0 Å². The molecule has 0 aliphatic carbocycles. The Kier molecular flexibility index (Phi) is 7.50. The maximum atomic E-state index is 11.7. The number of anilines is 1. The van der Waals surface area contributed by atoms with Crippen molar-refractivity contribution >= 4 is 40.7 Å². The summed E-state index contributed by atoms with van der Waals surface area (Å²) in [7, 11) is 0. The average Bonchev–Trinajstić information content (AvgIpc) is 2.47. The first-order valence-corrected chi connectivity index (χ1v) is 7.50. The molecule has 0 saturated heterocycles. The Balaban J connectivity index is 2.44. The van der Waals surface area contributed by atoms with Crippen molar-refractivity contribution in [1.82, 2.24) is 10.2 Å². The van der Waals surface area contributed by atoms with Crippen LogP contribution in [-0.4, -0.2) is 42.9 Å². The lowest BCUT2D eigenvalue weighted by Crippen LogP contribution is -2.40. The fourth-order valence-electron chi connectivity index (χ4n) is 1.71. The molecule has 21 heavy (non-hydrogen) atoms. The number of rotatable bonds is 6. The normalized spacial score (nSPS) is 10.5. The monoisotopic (exact) mass is 331 g/mol. The lowest BCUT2D eigenvalue weighted by atomic mass is 10.3. The number of benzene rings is 1. The predicted molar refractivity (Wildman–Crippen MR) is 85.9 cm³/mol. The third-order valence-corrected chi connectivity index (χ3v) is 3.73. The molecule has 0 fully saturated rings. The van der Waals surface area contributed by atoms with E-state index in [0.29, 0.717) is 28.8 Å². The molecule has 0 radical (unpaired) electrons. The van der Waals surface area contributed by atoms with Gasteiger partial charge in [-0.3, -0.25) is 9.59 Å². The first kappa shape index (κ1) is 17.8. The van der Waals surface area contributed by atoms with Crippen LogP contribution in [-0.2, 0) is 9.59 Å². The molecule has 0 aliphatic heterocycles. The smallest absolute Gasteiger partial charge is 0.313 e. The fraction of sp³-hybridized carbons (Fsp3) is 0.429. The van der Waals surface area contributed by atoms with Gasteiger partial charge in [-0.15, -0.1) is 0 Å². The minimum atomic E-state index is -0.729. The zero-order valence-corrected chi connectivity index (χ0v) is 13.6. The zero-order valence-electron chi connectivity index (χ0n) is 12.1. The Morgan fingerprint density at radius 2 is 1.76 bits per heavy atom. The maximum Gasteiger partial charge on any atom is 0.313 e. The summed E-state index contributed by atoms with van der Waals surface area (Å²) in [6, 6.07) is 4.62. The molecule has 0 aromatic heterocycles. The number of carbonyl (C=O) groups excluding carboxylic acids is 2. The number of halogens is 2. The summed E-state index contributed by atoms with van der Waals surface area (Å²) in [6.45, 7) is 7.03. The van der Waals surface area contributed by atoms with E-state index in [1.165, 1.54) is 6.07 Å². The molecule has 0 aliphatic rings. The second-order valence-electron chi connectivity index (χ2n) is 4.37. The zero-order chi connectivity index (χ0) is 15.8. The Labute approximate surface area is 134 Å². The van der Waals surface area contributed by atoms with Crippen LogP contribution in [0.4, 0.5) is 5.69 Å². The van der Waals surface area contributed by atoms with E-state index in [1.807, 2.05) is 13.8 Å². The minimum absolute atomic E-state index is 0.316. The molecule has 116 valence electrons. The van der Waals surface area contributed by atoms with Crippen molar-refractivity contribution < 1.29 is 9.59 Å². The molecule has 0 atom stereocenters. The predicted octanol–water partition coefficient (Wildman–Crippen LogP) is 2.39. The standard InChI is InChI=1S/C14H19Cl2N3O2/c1-3-19(4-2)8-7-17-13(20)14(21)18-10-5-6-11(15)12(16)9-10/h5-6,9H,3-4,7-8H2,1-2H3,(H,17,20)(H,18,21). The van der Waals surface area contributed by atoms with Crippen LogP contribution in [0.3, 0.4) is 0 Å². The van der Waals surface area contributed by atoms with E-state index in [9.17, 15) is 9.59 Å². The molecule has 5 nitrogen and oxygen atoms in total. The number of likely N-dealkylation sites (N-methyl/N-ethyl adjacent to an activating group) is 1. The van der Waals surface area contributed by atoms with Crippen LogP contribution < -0.4 is 10.6 Å². The Hall–Kier alpha value is -1.30. The number of carbonyl (C=O) groups is 2. The summed E-state index contributed by atoms with van der Waals surface area (Å²) in [5.41, 5.74) is 0.424. The lowest BCUT2D eigenvalue weighted by Gasteiger charge is -2.17. The molecular formula is C14H19Cl2N3O2. The molecule has 0 spiro atoms. The van der Waals surface area contributed by atoms with E-state index in [2.05, 4.69) is 15.5 Å². The number of nitrogens with one attached hydrogen (secondary N) is 2. The van der Waals surface area contributed by atoms with E-state index >= 15 is 0 Å². The quantitative estimate of drug-likeness (QED) is 0.787. The van der Waals surface area contributed by atoms with Gasteiger partial charge < -0.3 is 15.5 Å². The van der Waals surface area contributed by atoms with Crippen molar-refractivity contribution in [3.63, 3.8) is 0 Å². The van der Waals surface area contributed by atoms with Crippen LogP contribution >= 0.6 is 23.2 Å². The van der Waals surface area contributed by atoms with Gasteiger partial charge >= 0.3 is 11.8 Å². The van der Waals surface area contributed by atoms with Crippen molar-refractivity contribution in [3.8, 4) is 0 Å². The van der Waals surface area contributed by atoms with E-state index in [1.54, 1.807) is 12.1 Å². The third kappa shape index (κ3) is 5.91. The van der Waals surface area contributed by atoms with Gasteiger partial charge in [-0.25, -0.2) is 0 Å². The summed E-state index contributed by atoms with van der Waals surface area (Å²) in [5.74, 6) is -1.40. The molecule has 1 aromatic rings. The number of hydrogen-bond donors (Lipinski definition) is 2. The molecule has 0 bridgehead atoms. The van der Waals surface area contributed by atoms with Gasteiger partial charge in [-0.05, 0) is 31.3 Å². The molecule has 1 aromatic carbocycles. The average molecular weight is 332 g/mol. The maximum absolute atomic E-state index is 11.7. The highest BCUT2D eigenvalue weighted by atomic mass is 35.5. The first-order chi connectivity index (χ1) is 9.97. The molecule has 0 unspecified atom stereocenters. The van der Waals surface area contributed by atoms with Crippen molar-refractivity contribution in [2.24, 2.45) is 0 Å². The Bertz CT molecular complexity index is 505. The van der Waals surface area contributed by atoms with Crippen LogP contribution in [0.15, 0.2) is 18.2 Å². The van der Waals surface area contributed by atoms with E-state index in [-0.39, 0.29) is 0 Å². The summed E-state index contributed by atoms with van der Waals surface area (Å²) in [6.07, 6.45) is 0. The van der Waals surface area contributed by atoms with Crippen molar-refractivity contribution in [2.75, 3.05) is 31.5 Å². The molecule has 2 N–H and O–H groups in total. The van der Waals surface area contributed by atoms with E-state index < -0.39 is 11.8 Å². The minimum Gasteiger partial charge on any atom is -0.347 e. The third-order valence-electron chi connectivity index (χ3n) is 2.99. The highest BCUT2D eigenvalue weighted by molar-refractivity contribution is 6.42. The van der Waals surface area contributed by atoms with Gasteiger partial charge in [-0.2, -0.15) is 0 Å². The van der Waals surface area contributed by atoms with Crippen molar-refractivity contribution in [3.05, 3.63) is 28.2 Å². The summed E-state index contributed by atoms with van der Waals surface area (Å²) >= 11 is 11.6. The molecule has 2 amide bonds. The lowest BCUT2D eigenvalue weighted by molar-refractivity contribution is -0.136. The molecule has 0 saturated carbocycles. The van der Waals surface area contributed by atoms with Gasteiger partial charge in [0.15, 0.2) is 0 Å². The highest BCUT2D eigenvalue weighted by Crippen LogP contribution is 2.24. The second-order valence-corrected chi connectivity index (χ2v) is 5.18. The van der Waals surface area contributed by atoms with Gasteiger partial charge in [0.1, 0.15) is 0 Å². The van der Waals surface area contributed by atoms with Crippen LogP contribution in [0.2, 0.25) is 10.0 Å². The number of nitrogens with zero attached hydrogens (tertiary/aromatic N) is 1. The number of hydrogen-bond acceptors (Lipinski definition) is 3. The van der Waals surface area contributed by atoms with Gasteiger partial charge in [0, 0.05) is 18.8 Å². The number of amides is 2. The SMILES string of the molecule is CCN(CC)CCNC(=O)C(=O)Nc1ccc(Cl)c(Cl)c1. The molecular weight excluding hydrogens is 313 g/mol. The van der Waals surface area contributed by atoms with Crippen LogP contribution in [0.1, 0.15) is 13.8 Å². The van der Waals surface area contributed by atoms with Gasteiger partial charge in [0.05, 0.1) is 10.0 Å². The van der Waals surface area contributed by atoms with Gasteiger partial charge in [0.25, 0.3) is 0 Å². The van der Waals surface area contributed by atoms with E-state index in [0.717, 1.165) is 13.1 Å². The van der Waals surface area contributed by atoms with Crippen LogP contribution in [0, 0.1) is 0 Å². The molecule has 7 heteroatoms. The molecule has 0 heterocycles. The largest absolute Gasteiger partial charge is 0.347 e. The van der Waals surface area contributed by atoms with E-state index in [4.69, 9.17) is 23.2 Å². The topological polar surface area (TPSA) is 61.4 Å². The van der Waals surface area contributed by atoms with Gasteiger partial charge in [-0.1, -0.05) is 37.0 Å². The highest BCUT2D eigenvalue weighted by Gasteiger charge is 2.14. The van der Waals surface area contributed by atoms with Crippen molar-refractivity contribution in [1.29, 1.82) is 0 Å². The van der Waals surface area contributed by atoms with Crippen molar-refractivity contribution in [2.45, 2.75) is 13.8 Å². The summed E-state index contributed by atoms with van der Waals surface area (Å²) < 4.78 is 0. The molecule has 1 rings (SSSR count). The summed E-state index contributed by atoms with van der Waals surface area (Å²) in [5, 5.41) is 5.75. The fourth-order valence-corrected chi connectivity index (χ4v) is 2.01.